The Morgan fingerprint density at radius 3 is 2.50 bits per heavy atom. The average molecular weight is 219 g/mol. The van der Waals surface area contributed by atoms with E-state index in [1.165, 1.54) is 12.2 Å². The molecule has 14 heavy (non-hydrogen) atoms. The van der Waals surface area contributed by atoms with Crippen LogP contribution >= 0.6 is 11.8 Å². The summed E-state index contributed by atoms with van der Waals surface area (Å²) in [6, 6.07) is 0. The van der Waals surface area contributed by atoms with Crippen molar-refractivity contribution in [3.8, 4) is 0 Å². The van der Waals surface area contributed by atoms with Crippen LogP contribution in [0.5, 0.6) is 0 Å². The van der Waals surface area contributed by atoms with Crippen molar-refractivity contribution in [3.63, 3.8) is 0 Å². The van der Waals surface area contributed by atoms with E-state index < -0.39 is 5.60 Å². The Labute approximate surface area is 92.6 Å². The number of nitrogens with two attached hydrogens (primary N) is 1. The summed E-state index contributed by atoms with van der Waals surface area (Å²) in [7, 11) is 0. The minimum Gasteiger partial charge on any atom is -0.389 e. The van der Waals surface area contributed by atoms with E-state index in [1.807, 2.05) is 18.7 Å². The highest BCUT2D eigenvalue weighted by molar-refractivity contribution is 7.99. The van der Waals surface area contributed by atoms with Crippen LogP contribution in [-0.2, 0) is 0 Å². The van der Waals surface area contributed by atoms with Gasteiger partial charge in [-0.15, -0.1) is 0 Å². The van der Waals surface area contributed by atoms with Gasteiger partial charge in [0, 0.05) is 6.54 Å². The molecule has 0 aliphatic rings. The molecule has 0 radical (unpaired) electrons. The van der Waals surface area contributed by atoms with E-state index in [9.17, 15) is 5.11 Å². The Hall–Kier alpha value is 0.270. The molecule has 0 aliphatic carbocycles. The lowest BCUT2D eigenvalue weighted by Crippen LogP contribution is -2.34. The quantitative estimate of drug-likeness (QED) is 0.616. The third-order valence-electron chi connectivity index (χ3n) is 2.28. The Kier molecular flexibility index (Phi) is 7.69. The van der Waals surface area contributed by atoms with E-state index in [-0.39, 0.29) is 0 Å². The summed E-state index contributed by atoms with van der Waals surface area (Å²) in [5.74, 6) is 3.18. The number of hydrogen-bond acceptors (Lipinski definition) is 3. The van der Waals surface area contributed by atoms with E-state index in [4.69, 9.17) is 5.73 Å². The van der Waals surface area contributed by atoms with Crippen LogP contribution in [0.1, 0.15) is 40.0 Å². The summed E-state index contributed by atoms with van der Waals surface area (Å²) in [5, 5.41) is 9.63. The van der Waals surface area contributed by atoms with Gasteiger partial charge in [0.2, 0.25) is 0 Å². The minimum atomic E-state index is -0.654. The molecule has 3 N–H and O–H groups in total. The van der Waals surface area contributed by atoms with Crippen molar-refractivity contribution in [1.29, 1.82) is 0 Å². The molecule has 0 fully saturated rings. The van der Waals surface area contributed by atoms with E-state index in [0.29, 0.717) is 6.54 Å². The highest BCUT2D eigenvalue weighted by Crippen LogP contribution is 2.15. The lowest BCUT2D eigenvalue weighted by Gasteiger charge is -2.20. The molecule has 1 atom stereocenters. The van der Waals surface area contributed by atoms with Crippen molar-refractivity contribution < 1.29 is 5.11 Å². The van der Waals surface area contributed by atoms with Gasteiger partial charge in [-0.2, -0.15) is 11.8 Å². The van der Waals surface area contributed by atoms with Crippen molar-refractivity contribution >= 4 is 11.8 Å². The fourth-order valence-electron chi connectivity index (χ4n) is 1.08. The van der Waals surface area contributed by atoms with Gasteiger partial charge in [0.15, 0.2) is 0 Å². The fourth-order valence-corrected chi connectivity index (χ4v) is 2.27. The van der Waals surface area contributed by atoms with Gasteiger partial charge >= 0.3 is 0 Å². The highest BCUT2D eigenvalue weighted by atomic mass is 32.2. The van der Waals surface area contributed by atoms with Gasteiger partial charge in [-0.05, 0) is 43.6 Å². The molecule has 0 heterocycles. The first-order valence-corrected chi connectivity index (χ1v) is 6.63. The molecule has 2 nitrogen and oxygen atoms in total. The number of rotatable bonds is 8. The molecule has 86 valence electrons. The molecule has 0 rings (SSSR count). The maximum atomic E-state index is 9.63. The maximum absolute atomic E-state index is 9.63. The third-order valence-corrected chi connectivity index (χ3v) is 3.39. The largest absolute Gasteiger partial charge is 0.389 e. The first-order chi connectivity index (χ1) is 6.48. The van der Waals surface area contributed by atoms with Gasteiger partial charge in [0.05, 0.1) is 5.60 Å². The van der Waals surface area contributed by atoms with Crippen LogP contribution in [0, 0.1) is 5.92 Å². The molecule has 3 heteroatoms. The summed E-state index contributed by atoms with van der Waals surface area (Å²) < 4.78 is 0. The first kappa shape index (κ1) is 14.3. The van der Waals surface area contributed by atoms with Crippen LogP contribution in [-0.4, -0.2) is 28.8 Å². The zero-order chi connectivity index (χ0) is 11.0. The Morgan fingerprint density at radius 1 is 1.36 bits per heavy atom. The van der Waals surface area contributed by atoms with Crippen LogP contribution in [0.4, 0.5) is 0 Å². The van der Waals surface area contributed by atoms with Gasteiger partial charge in [0.25, 0.3) is 0 Å². The summed E-state index contributed by atoms with van der Waals surface area (Å²) in [5.41, 5.74) is 4.78. The van der Waals surface area contributed by atoms with Crippen LogP contribution in [0.2, 0.25) is 0 Å². The molecule has 1 unspecified atom stereocenters. The smallest absolute Gasteiger partial charge is 0.0741 e. The third kappa shape index (κ3) is 8.85. The van der Waals surface area contributed by atoms with Gasteiger partial charge < -0.3 is 10.8 Å². The predicted octanol–water partition coefficient (Wildman–Crippen LogP) is 2.26. The van der Waals surface area contributed by atoms with Crippen molar-refractivity contribution in [1.82, 2.24) is 0 Å². The molecule has 0 saturated heterocycles. The molecule has 0 aromatic rings. The molecule has 0 aromatic carbocycles. The number of hydrogen-bond donors (Lipinski definition) is 2. The summed E-state index contributed by atoms with van der Waals surface area (Å²) >= 11 is 1.98. The molecule has 0 aromatic heterocycles. The lowest BCUT2D eigenvalue weighted by atomic mass is 10.0. The zero-order valence-corrected chi connectivity index (χ0v) is 10.6. The second-order valence-electron chi connectivity index (χ2n) is 4.60. The lowest BCUT2D eigenvalue weighted by molar-refractivity contribution is 0.0596. The molecular formula is C11H25NOS. The predicted molar refractivity (Wildman–Crippen MR) is 65.7 cm³/mol. The molecular weight excluding hydrogens is 194 g/mol. The summed E-state index contributed by atoms with van der Waals surface area (Å²) in [4.78, 5) is 0. The molecule has 0 saturated carbocycles. The zero-order valence-electron chi connectivity index (χ0n) is 9.75. The van der Waals surface area contributed by atoms with E-state index in [0.717, 1.165) is 24.5 Å². The summed E-state index contributed by atoms with van der Waals surface area (Å²) in [6.45, 7) is 6.68. The second kappa shape index (κ2) is 7.55. The van der Waals surface area contributed by atoms with Crippen LogP contribution < -0.4 is 5.73 Å². The van der Waals surface area contributed by atoms with E-state index in [1.54, 1.807) is 0 Å². The van der Waals surface area contributed by atoms with Crippen LogP contribution in [0.25, 0.3) is 0 Å². The molecule has 0 amide bonds. The van der Waals surface area contributed by atoms with Crippen molar-refractivity contribution in [2.45, 2.75) is 45.6 Å². The van der Waals surface area contributed by atoms with Crippen LogP contribution in [0.3, 0.4) is 0 Å². The molecule has 0 aliphatic heterocycles. The Morgan fingerprint density at radius 2 is 2.00 bits per heavy atom. The topological polar surface area (TPSA) is 46.2 Å². The average Bonchev–Trinajstić information content (AvgIpc) is 2.10. The van der Waals surface area contributed by atoms with E-state index >= 15 is 0 Å². The number of aliphatic hydroxyl groups is 1. The van der Waals surface area contributed by atoms with Gasteiger partial charge in [-0.1, -0.05) is 13.8 Å². The Balaban J connectivity index is 3.21. The molecule has 0 bridgehead atoms. The van der Waals surface area contributed by atoms with Crippen molar-refractivity contribution in [2.24, 2.45) is 11.7 Å². The van der Waals surface area contributed by atoms with Gasteiger partial charge in [-0.3, -0.25) is 0 Å². The van der Waals surface area contributed by atoms with Crippen LogP contribution in [0.15, 0.2) is 0 Å². The second-order valence-corrected chi connectivity index (χ2v) is 5.82. The normalized spacial score (nSPS) is 15.9. The molecule has 0 spiro atoms. The van der Waals surface area contributed by atoms with Gasteiger partial charge in [-0.25, -0.2) is 0 Å². The van der Waals surface area contributed by atoms with Crippen molar-refractivity contribution in [2.75, 3.05) is 18.1 Å². The SMILES string of the molecule is CC(C)CCSCCCC(C)(O)CN. The Bertz CT molecular complexity index is 137. The highest BCUT2D eigenvalue weighted by Gasteiger charge is 2.16. The number of thioether (sulfide) groups is 1. The van der Waals surface area contributed by atoms with E-state index in [2.05, 4.69) is 13.8 Å². The maximum Gasteiger partial charge on any atom is 0.0741 e. The van der Waals surface area contributed by atoms with Crippen molar-refractivity contribution in [3.05, 3.63) is 0 Å². The minimum absolute atomic E-state index is 0.365. The first-order valence-electron chi connectivity index (χ1n) is 5.48. The standard InChI is InChI=1S/C11H25NOS/c1-10(2)5-8-14-7-4-6-11(3,13)9-12/h10,13H,4-9,12H2,1-3H3. The summed E-state index contributed by atoms with van der Waals surface area (Å²) in [6.07, 6.45) is 3.17. The van der Waals surface area contributed by atoms with Gasteiger partial charge in [0.1, 0.15) is 0 Å². The fraction of sp³-hybridized carbons (Fsp3) is 1.00. The monoisotopic (exact) mass is 219 g/mol.